The number of hydrogen-bond donors (Lipinski definition) is 0. The molecule has 0 heterocycles. The predicted molar refractivity (Wildman–Crippen MR) is 49.0 cm³/mol. The number of rotatable bonds is 1. The molecular weight excluding hydrogens is 321 g/mol. The molecule has 0 aromatic heterocycles. The minimum Gasteiger partial charge on any atom is -0.206 e. The molecular formula is C9H4BrF7. The minimum atomic E-state index is -5.17. The van der Waals surface area contributed by atoms with Gasteiger partial charge in [0.2, 0.25) is 0 Å². The van der Waals surface area contributed by atoms with Crippen LogP contribution in [0.15, 0.2) is 12.1 Å². The zero-order chi connectivity index (χ0) is 13.4. The van der Waals surface area contributed by atoms with Crippen LogP contribution in [0.25, 0.3) is 0 Å². The molecule has 0 aliphatic heterocycles. The first-order valence-corrected chi connectivity index (χ1v) is 5.23. The molecule has 17 heavy (non-hydrogen) atoms. The van der Waals surface area contributed by atoms with Gasteiger partial charge in [-0.2, -0.15) is 26.3 Å². The summed E-state index contributed by atoms with van der Waals surface area (Å²) < 4.78 is 87.3. The monoisotopic (exact) mass is 324 g/mol. The van der Waals surface area contributed by atoms with E-state index in [4.69, 9.17) is 0 Å². The molecule has 1 aromatic rings. The molecule has 1 rings (SSSR count). The molecule has 0 bridgehead atoms. The summed E-state index contributed by atoms with van der Waals surface area (Å²) in [5.74, 6) is -2.29. The van der Waals surface area contributed by atoms with Crippen LogP contribution in [0.1, 0.15) is 16.7 Å². The van der Waals surface area contributed by atoms with Crippen LogP contribution in [-0.4, -0.2) is 0 Å². The van der Waals surface area contributed by atoms with Crippen molar-refractivity contribution < 1.29 is 30.7 Å². The van der Waals surface area contributed by atoms with E-state index in [0.29, 0.717) is 12.1 Å². The summed E-state index contributed by atoms with van der Waals surface area (Å²) in [4.78, 5) is 0. The van der Waals surface area contributed by atoms with Crippen LogP contribution in [0.3, 0.4) is 0 Å². The van der Waals surface area contributed by atoms with Gasteiger partial charge in [0, 0.05) is 5.33 Å². The lowest BCUT2D eigenvalue weighted by Crippen LogP contribution is -2.17. The van der Waals surface area contributed by atoms with Gasteiger partial charge in [0.1, 0.15) is 5.82 Å². The molecule has 96 valence electrons. The Hall–Kier alpha value is -0.790. The van der Waals surface area contributed by atoms with E-state index in [2.05, 4.69) is 15.9 Å². The molecule has 0 unspecified atom stereocenters. The van der Waals surface area contributed by atoms with Gasteiger partial charge in [-0.1, -0.05) is 22.0 Å². The van der Waals surface area contributed by atoms with Crippen LogP contribution in [0.2, 0.25) is 0 Å². The molecule has 0 atom stereocenters. The maximum Gasteiger partial charge on any atom is 0.419 e. The van der Waals surface area contributed by atoms with Gasteiger partial charge in [0.05, 0.1) is 11.1 Å². The Morgan fingerprint density at radius 1 is 0.941 bits per heavy atom. The zero-order valence-corrected chi connectivity index (χ0v) is 9.47. The lowest BCUT2D eigenvalue weighted by Gasteiger charge is -2.16. The van der Waals surface area contributed by atoms with Gasteiger partial charge in [-0.05, 0) is 11.6 Å². The third-order valence-electron chi connectivity index (χ3n) is 1.96. The zero-order valence-electron chi connectivity index (χ0n) is 7.89. The van der Waals surface area contributed by atoms with Crippen molar-refractivity contribution in [2.45, 2.75) is 17.7 Å². The van der Waals surface area contributed by atoms with Gasteiger partial charge < -0.3 is 0 Å². The van der Waals surface area contributed by atoms with Crippen LogP contribution in [0.5, 0.6) is 0 Å². The molecule has 0 saturated carbocycles. The molecule has 0 spiro atoms. The largest absolute Gasteiger partial charge is 0.419 e. The quantitative estimate of drug-likeness (QED) is 0.516. The lowest BCUT2D eigenvalue weighted by molar-refractivity contribution is -0.148. The van der Waals surface area contributed by atoms with Crippen molar-refractivity contribution in [1.29, 1.82) is 0 Å². The Bertz CT molecular complexity index is 419. The van der Waals surface area contributed by atoms with E-state index in [-0.39, 0.29) is 0 Å². The average molecular weight is 325 g/mol. The van der Waals surface area contributed by atoms with Crippen molar-refractivity contribution in [3.63, 3.8) is 0 Å². The molecule has 8 heteroatoms. The Morgan fingerprint density at radius 2 is 1.47 bits per heavy atom. The molecule has 0 N–H and O–H groups in total. The highest BCUT2D eigenvalue weighted by Crippen LogP contribution is 2.40. The van der Waals surface area contributed by atoms with Gasteiger partial charge in [-0.15, -0.1) is 0 Å². The van der Waals surface area contributed by atoms with Crippen molar-refractivity contribution in [3.05, 3.63) is 34.6 Å². The van der Waals surface area contributed by atoms with Crippen molar-refractivity contribution in [2.75, 3.05) is 0 Å². The number of halogens is 8. The van der Waals surface area contributed by atoms with Gasteiger partial charge in [0.25, 0.3) is 0 Å². The van der Waals surface area contributed by atoms with Crippen molar-refractivity contribution >= 4 is 15.9 Å². The Morgan fingerprint density at radius 3 is 1.82 bits per heavy atom. The van der Waals surface area contributed by atoms with E-state index in [0.717, 1.165) is 0 Å². The molecule has 0 fully saturated rings. The summed E-state index contributed by atoms with van der Waals surface area (Å²) >= 11 is 2.66. The molecule has 0 radical (unpaired) electrons. The number of hydrogen-bond acceptors (Lipinski definition) is 0. The molecule has 0 aliphatic rings. The van der Waals surface area contributed by atoms with E-state index < -0.39 is 40.2 Å². The van der Waals surface area contributed by atoms with Crippen molar-refractivity contribution in [2.24, 2.45) is 0 Å². The summed E-state index contributed by atoms with van der Waals surface area (Å²) in [6.45, 7) is 0. The Balaban J connectivity index is 3.55. The molecule has 0 amide bonds. The fourth-order valence-electron chi connectivity index (χ4n) is 1.25. The van der Waals surface area contributed by atoms with Crippen molar-refractivity contribution in [3.8, 4) is 0 Å². The summed E-state index contributed by atoms with van der Waals surface area (Å²) in [5.41, 5.74) is -4.39. The highest BCUT2D eigenvalue weighted by molar-refractivity contribution is 9.08. The summed E-state index contributed by atoms with van der Waals surface area (Å²) in [6.07, 6.45) is -10.3. The molecule has 0 saturated heterocycles. The molecule has 0 aliphatic carbocycles. The highest BCUT2D eigenvalue weighted by atomic mass is 79.9. The van der Waals surface area contributed by atoms with Crippen LogP contribution >= 0.6 is 15.9 Å². The topological polar surface area (TPSA) is 0 Å². The van der Waals surface area contributed by atoms with Crippen LogP contribution in [0.4, 0.5) is 30.7 Å². The van der Waals surface area contributed by atoms with E-state index in [1.54, 1.807) is 0 Å². The van der Waals surface area contributed by atoms with Gasteiger partial charge in [-0.3, -0.25) is 0 Å². The van der Waals surface area contributed by atoms with Gasteiger partial charge in [0.15, 0.2) is 0 Å². The van der Waals surface area contributed by atoms with Gasteiger partial charge in [-0.25, -0.2) is 4.39 Å². The second-order valence-corrected chi connectivity index (χ2v) is 3.65. The second kappa shape index (κ2) is 4.47. The van der Waals surface area contributed by atoms with Crippen LogP contribution in [-0.2, 0) is 17.7 Å². The third kappa shape index (κ3) is 2.91. The second-order valence-electron chi connectivity index (χ2n) is 3.09. The number of alkyl halides is 7. The first-order chi connectivity index (χ1) is 7.59. The van der Waals surface area contributed by atoms with E-state index >= 15 is 0 Å². The van der Waals surface area contributed by atoms with Gasteiger partial charge >= 0.3 is 12.4 Å². The van der Waals surface area contributed by atoms with Crippen molar-refractivity contribution in [1.82, 2.24) is 0 Å². The molecule has 1 aromatic carbocycles. The smallest absolute Gasteiger partial charge is 0.206 e. The third-order valence-corrected chi connectivity index (χ3v) is 2.57. The normalized spacial score (nSPS) is 12.9. The predicted octanol–water partition coefficient (Wildman–Crippen LogP) is 4.76. The van der Waals surface area contributed by atoms with E-state index in [1.165, 1.54) is 0 Å². The maximum atomic E-state index is 13.3. The summed E-state index contributed by atoms with van der Waals surface area (Å²) in [5, 5.41) is -0.392. The minimum absolute atomic E-state index is 0.293. The van der Waals surface area contributed by atoms with Crippen LogP contribution < -0.4 is 0 Å². The Kier molecular flexibility index (Phi) is 3.75. The summed E-state index contributed by atoms with van der Waals surface area (Å²) in [7, 11) is 0. The fourth-order valence-corrected chi connectivity index (χ4v) is 1.72. The first kappa shape index (κ1) is 14.3. The SMILES string of the molecule is Fc1c(C(F)(F)F)ccc(CBr)c1C(F)(F)F. The van der Waals surface area contributed by atoms with E-state index in [9.17, 15) is 30.7 Å². The average Bonchev–Trinajstić information content (AvgIpc) is 2.12. The van der Waals surface area contributed by atoms with E-state index in [1.807, 2.05) is 0 Å². The number of benzene rings is 1. The van der Waals surface area contributed by atoms with Crippen LogP contribution in [0, 0.1) is 5.82 Å². The Labute approximate surface area is 99.6 Å². The fraction of sp³-hybridized carbons (Fsp3) is 0.333. The molecule has 0 nitrogen and oxygen atoms in total. The standard InChI is InChI=1S/C9H4BrF7/c10-3-4-1-2-5(8(12,13)14)7(11)6(4)9(15,16)17/h1-2H,3H2. The lowest BCUT2D eigenvalue weighted by atomic mass is 10.0. The highest BCUT2D eigenvalue weighted by Gasteiger charge is 2.42. The maximum absolute atomic E-state index is 13.3. The first-order valence-electron chi connectivity index (χ1n) is 4.10. The summed E-state index contributed by atoms with van der Waals surface area (Å²) in [6, 6.07) is 0.893.